The number of hydrogen-bond acceptors (Lipinski definition) is 4. The molecule has 1 aromatic rings. The first-order valence-electron chi connectivity index (χ1n) is 8.31. The van der Waals surface area contributed by atoms with Gasteiger partial charge in [-0.05, 0) is 50.4 Å². The van der Waals surface area contributed by atoms with Gasteiger partial charge in [0.15, 0.2) is 12.6 Å². The summed E-state index contributed by atoms with van der Waals surface area (Å²) in [7, 11) is 2.23. The normalized spacial score (nSPS) is 39.7. The summed E-state index contributed by atoms with van der Waals surface area (Å²) in [6.07, 6.45) is 3.38. The molecule has 1 saturated carbocycles. The molecule has 2 aliphatic heterocycles. The van der Waals surface area contributed by atoms with Crippen molar-refractivity contribution in [3.8, 4) is 5.75 Å². The van der Waals surface area contributed by atoms with Gasteiger partial charge < -0.3 is 14.4 Å². The molecule has 2 bridgehead atoms. The molecule has 0 amide bonds. The topological polar surface area (TPSA) is 38.8 Å². The second-order valence-corrected chi connectivity index (χ2v) is 7.25. The Hall–Kier alpha value is -1.39. The summed E-state index contributed by atoms with van der Waals surface area (Å²) in [5, 5.41) is 0. The van der Waals surface area contributed by atoms with Crippen LogP contribution in [0.15, 0.2) is 18.2 Å². The van der Waals surface area contributed by atoms with Crippen LogP contribution in [-0.2, 0) is 21.4 Å². The second-order valence-electron chi connectivity index (χ2n) is 7.25. The average molecular weight is 299 g/mol. The third-order valence-corrected chi connectivity index (χ3v) is 6.49. The van der Waals surface area contributed by atoms with Crippen LogP contribution in [0.5, 0.6) is 5.75 Å². The van der Waals surface area contributed by atoms with Crippen molar-refractivity contribution in [1.82, 2.24) is 4.90 Å². The number of nitrogens with zero attached hydrogens (tertiary/aromatic N) is 1. The Kier molecular flexibility index (Phi) is 2.57. The van der Waals surface area contributed by atoms with E-state index in [0.717, 1.165) is 31.6 Å². The van der Waals surface area contributed by atoms with Gasteiger partial charge in [0.25, 0.3) is 0 Å². The number of Topliss-reactive ketones (excluding diaryl/α,β-unsaturated/α-hetero) is 1. The van der Waals surface area contributed by atoms with Crippen LogP contribution >= 0.6 is 0 Å². The maximum Gasteiger partial charge on any atom is 0.189 e. The highest BCUT2D eigenvalue weighted by molar-refractivity contribution is 5.87. The second kappa shape index (κ2) is 4.33. The van der Waals surface area contributed by atoms with Gasteiger partial charge in [0.1, 0.15) is 11.9 Å². The Labute approximate surface area is 130 Å². The number of ether oxygens (including phenoxy) is 2. The average Bonchev–Trinajstić information content (AvgIpc) is 2.69. The number of ketones is 1. The maximum atomic E-state index is 12.7. The minimum absolute atomic E-state index is 0.160. The largest absolute Gasteiger partial charge is 0.467 e. The van der Waals surface area contributed by atoms with Crippen molar-refractivity contribution < 1.29 is 14.3 Å². The standard InChI is InChI=1S/C18H21NO3/c1-19-8-7-18-12-5-6-14(20)17(18)22-10-21-15-4-2-3-11(16(15)18)9-13(12)19/h2-4,12-13,17H,5-10H2,1H3/t12-,13+,17-,18-/m0/s1. The summed E-state index contributed by atoms with van der Waals surface area (Å²) in [4.78, 5) is 15.1. The van der Waals surface area contributed by atoms with E-state index in [0.29, 0.717) is 18.4 Å². The van der Waals surface area contributed by atoms with Gasteiger partial charge in [0.2, 0.25) is 0 Å². The molecule has 0 unspecified atom stereocenters. The quantitative estimate of drug-likeness (QED) is 0.733. The fourth-order valence-corrected chi connectivity index (χ4v) is 5.62. The lowest BCUT2D eigenvalue weighted by Gasteiger charge is -2.59. The molecule has 4 heteroatoms. The van der Waals surface area contributed by atoms with Crippen LogP contribution in [0.1, 0.15) is 30.4 Å². The molecule has 1 aromatic carbocycles. The number of carbonyl (C=O) groups is 1. The smallest absolute Gasteiger partial charge is 0.189 e. The summed E-state index contributed by atoms with van der Waals surface area (Å²) in [5.74, 6) is 1.72. The number of carbonyl (C=O) groups excluding carboxylic acids is 1. The van der Waals surface area contributed by atoms with Gasteiger partial charge >= 0.3 is 0 Å². The number of rotatable bonds is 0. The summed E-state index contributed by atoms with van der Waals surface area (Å²) in [6.45, 7) is 1.23. The van der Waals surface area contributed by atoms with Crippen LogP contribution in [0.3, 0.4) is 0 Å². The first kappa shape index (κ1) is 13.1. The van der Waals surface area contributed by atoms with E-state index in [1.165, 1.54) is 11.1 Å². The Bertz CT molecular complexity index is 658. The van der Waals surface area contributed by atoms with E-state index in [1.807, 2.05) is 6.07 Å². The van der Waals surface area contributed by atoms with Crippen molar-refractivity contribution >= 4 is 5.78 Å². The highest BCUT2D eigenvalue weighted by Gasteiger charge is 2.62. The molecule has 0 aromatic heterocycles. The van der Waals surface area contributed by atoms with E-state index in [4.69, 9.17) is 9.47 Å². The third kappa shape index (κ3) is 1.43. The Balaban J connectivity index is 1.82. The fraction of sp³-hybridized carbons (Fsp3) is 0.611. The first-order chi connectivity index (χ1) is 10.7. The lowest BCUT2D eigenvalue weighted by Crippen LogP contribution is -2.66. The lowest BCUT2D eigenvalue weighted by atomic mass is 9.50. The molecule has 0 radical (unpaired) electrons. The molecule has 2 aliphatic carbocycles. The molecule has 116 valence electrons. The number of benzene rings is 1. The Morgan fingerprint density at radius 2 is 2.27 bits per heavy atom. The van der Waals surface area contributed by atoms with Gasteiger partial charge in [-0.15, -0.1) is 0 Å². The van der Waals surface area contributed by atoms with E-state index < -0.39 is 0 Å². The number of hydrogen-bond donors (Lipinski definition) is 0. The Morgan fingerprint density at radius 3 is 3.18 bits per heavy atom. The number of likely N-dealkylation sites (N-methyl/N-ethyl adjacent to an activating group) is 1. The predicted octanol–water partition coefficient (Wildman–Crippen LogP) is 1.90. The molecule has 1 spiro atoms. The maximum absolute atomic E-state index is 12.7. The van der Waals surface area contributed by atoms with Crippen molar-refractivity contribution in [2.75, 3.05) is 20.4 Å². The van der Waals surface area contributed by atoms with E-state index in [2.05, 4.69) is 24.1 Å². The molecular formula is C18H21NO3. The highest BCUT2D eigenvalue weighted by atomic mass is 16.7. The minimum atomic E-state index is -0.315. The zero-order valence-corrected chi connectivity index (χ0v) is 12.9. The van der Waals surface area contributed by atoms with Gasteiger partial charge in [-0.3, -0.25) is 4.79 Å². The van der Waals surface area contributed by atoms with Gasteiger partial charge in [-0.1, -0.05) is 12.1 Å². The van der Waals surface area contributed by atoms with Crippen molar-refractivity contribution in [3.05, 3.63) is 29.3 Å². The zero-order valence-electron chi connectivity index (χ0n) is 12.9. The molecule has 0 N–H and O–H groups in total. The van der Waals surface area contributed by atoms with E-state index in [9.17, 15) is 4.79 Å². The monoisotopic (exact) mass is 299 g/mol. The van der Waals surface area contributed by atoms with Gasteiger partial charge in [0.05, 0.1) is 0 Å². The fourth-order valence-electron chi connectivity index (χ4n) is 5.62. The van der Waals surface area contributed by atoms with Crippen LogP contribution in [0.4, 0.5) is 0 Å². The highest BCUT2D eigenvalue weighted by Crippen LogP contribution is 2.58. The molecule has 4 atom stereocenters. The molecule has 1 saturated heterocycles. The van der Waals surface area contributed by atoms with Crippen molar-refractivity contribution in [2.45, 2.75) is 43.2 Å². The summed E-state index contributed by atoms with van der Waals surface area (Å²) < 4.78 is 11.9. The van der Waals surface area contributed by atoms with Gasteiger partial charge in [0, 0.05) is 23.4 Å². The molecular weight excluding hydrogens is 278 g/mol. The van der Waals surface area contributed by atoms with Crippen LogP contribution in [0.25, 0.3) is 0 Å². The van der Waals surface area contributed by atoms with Crippen molar-refractivity contribution in [3.63, 3.8) is 0 Å². The first-order valence-corrected chi connectivity index (χ1v) is 8.31. The van der Waals surface area contributed by atoms with Crippen molar-refractivity contribution in [2.24, 2.45) is 5.92 Å². The summed E-state index contributed by atoms with van der Waals surface area (Å²) in [5.41, 5.74) is 2.49. The third-order valence-electron chi connectivity index (χ3n) is 6.49. The zero-order chi connectivity index (χ0) is 14.9. The molecule has 5 rings (SSSR count). The van der Waals surface area contributed by atoms with Crippen LogP contribution < -0.4 is 4.74 Å². The van der Waals surface area contributed by atoms with Crippen LogP contribution in [-0.4, -0.2) is 43.2 Å². The van der Waals surface area contributed by atoms with Crippen LogP contribution in [0.2, 0.25) is 0 Å². The molecule has 22 heavy (non-hydrogen) atoms. The lowest BCUT2D eigenvalue weighted by molar-refractivity contribution is -0.158. The van der Waals surface area contributed by atoms with Gasteiger partial charge in [-0.25, -0.2) is 0 Å². The van der Waals surface area contributed by atoms with E-state index >= 15 is 0 Å². The SMILES string of the molecule is CN1CC[C@]23c4c5cccc4OCO[C@H]2C(=O)CC[C@H]3[C@H]1C5. The van der Waals surface area contributed by atoms with Crippen LogP contribution in [0, 0.1) is 5.92 Å². The molecule has 2 fully saturated rings. The van der Waals surface area contributed by atoms with Crippen molar-refractivity contribution in [1.29, 1.82) is 0 Å². The molecule has 4 nitrogen and oxygen atoms in total. The summed E-state index contributed by atoms with van der Waals surface area (Å²) in [6, 6.07) is 6.86. The number of piperidine rings is 1. The molecule has 2 heterocycles. The summed E-state index contributed by atoms with van der Waals surface area (Å²) >= 11 is 0. The predicted molar refractivity (Wildman–Crippen MR) is 81.0 cm³/mol. The minimum Gasteiger partial charge on any atom is -0.467 e. The number of likely N-dealkylation sites (tertiary alicyclic amines) is 1. The van der Waals surface area contributed by atoms with Gasteiger partial charge in [-0.2, -0.15) is 0 Å². The Morgan fingerprint density at radius 1 is 1.36 bits per heavy atom. The van der Waals surface area contributed by atoms with E-state index in [-0.39, 0.29) is 24.1 Å². The van der Waals surface area contributed by atoms with E-state index in [1.54, 1.807) is 0 Å². The molecule has 4 aliphatic rings.